The van der Waals surface area contributed by atoms with Gasteiger partial charge in [0.2, 0.25) is 0 Å². The van der Waals surface area contributed by atoms with Crippen molar-refractivity contribution in [2.45, 2.75) is 31.4 Å². The molecule has 1 fully saturated rings. The molecule has 1 amide bonds. The molecule has 0 aromatic heterocycles. The molecule has 1 aliphatic rings. The predicted molar refractivity (Wildman–Crippen MR) is 83.3 cm³/mol. The summed E-state index contributed by atoms with van der Waals surface area (Å²) in [7, 11) is 1.70. The van der Waals surface area contributed by atoms with Crippen molar-refractivity contribution >= 4 is 17.5 Å². The predicted octanol–water partition coefficient (Wildman–Crippen LogP) is 1.95. The van der Waals surface area contributed by atoms with Crippen molar-refractivity contribution in [3.63, 3.8) is 0 Å². The lowest BCUT2D eigenvalue weighted by molar-refractivity contribution is 0.0915. The van der Waals surface area contributed by atoms with E-state index >= 15 is 0 Å². The molecular formula is C16H19ClN2O2. The zero-order chi connectivity index (χ0) is 15.2. The Bertz CT molecular complexity index is 577. The van der Waals surface area contributed by atoms with Crippen LogP contribution in [0.2, 0.25) is 5.02 Å². The van der Waals surface area contributed by atoms with E-state index in [1.165, 1.54) is 0 Å². The summed E-state index contributed by atoms with van der Waals surface area (Å²) in [5, 5.41) is 3.48. The van der Waals surface area contributed by atoms with Gasteiger partial charge in [-0.25, -0.2) is 0 Å². The summed E-state index contributed by atoms with van der Waals surface area (Å²) < 4.78 is 5.30. The Morgan fingerprint density at radius 1 is 1.52 bits per heavy atom. The van der Waals surface area contributed by atoms with Gasteiger partial charge in [-0.1, -0.05) is 23.4 Å². The summed E-state index contributed by atoms with van der Waals surface area (Å²) in [5.74, 6) is 5.50. The van der Waals surface area contributed by atoms with E-state index in [2.05, 4.69) is 17.2 Å². The lowest BCUT2D eigenvalue weighted by Gasteiger charge is -2.13. The number of nitrogens with one attached hydrogen (secondary N) is 1. The van der Waals surface area contributed by atoms with Crippen LogP contribution in [0, 0.1) is 11.8 Å². The fourth-order valence-electron chi connectivity index (χ4n) is 2.46. The van der Waals surface area contributed by atoms with Crippen LogP contribution < -0.4 is 11.1 Å². The van der Waals surface area contributed by atoms with Crippen molar-refractivity contribution < 1.29 is 9.53 Å². The molecule has 0 radical (unpaired) electrons. The molecule has 3 N–H and O–H groups in total. The molecule has 0 spiro atoms. The maximum Gasteiger partial charge on any atom is 0.251 e. The van der Waals surface area contributed by atoms with E-state index in [0.29, 0.717) is 16.1 Å². The Morgan fingerprint density at radius 3 is 2.95 bits per heavy atom. The quantitative estimate of drug-likeness (QED) is 0.839. The zero-order valence-electron chi connectivity index (χ0n) is 12.0. The molecule has 4 nitrogen and oxygen atoms in total. The van der Waals surface area contributed by atoms with Gasteiger partial charge >= 0.3 is 0 Å². The number of amides is 1. The van der Waals surface area contributed by atoms with E-state index in [9.17, 15) is 4.79 Å². The first-order chi connectivity index (χ1) is 10.1. The van der Waals surface area contributed by atoms with Crippen molar-refractivity contribution in [2.24, 2.45) is 5.73 Å². The molecule has 0 bridgehead atoms. The first-order valence-electron chi connectivity index (χ1n) is 6.96. The molecule has 0 aliphatic heterocycles. The van der Waals surface area contributed by atoms with Crippen LogP contribution in [0.15, 0.2) is 18.2 Å². The Balaban J connectivity index is 2.01. The van der Waals surface area contributed by atoms with Crippen molar-refractivity contribution in [3.8, 4) is 11.8 Å². The highest BCUT2D eigenvalue weighted by atomic mass is 35.5. The number of halogens is 1. The molecule has 2 rings (SSSR count). The van der Waals surface area contributed by atoms with Crippen LogP contribution in [0.25, 0.3) is 0 Å². The second kappa shape index (κ2) is 7.46. The van der Waals surface area contributed by atoms with Crippen LogP contribution >= 0.6 is 11.6 Å². The number of ether oxygens (including phenoxy) is 1. The van der Waals surface area contributed by atoms with Crippen LogP contribution in [-0.2, 0) is 4.74 Å². The van der Waals surface area contributed by atoms with E-state index in [-0.39, 0.29) is 24.6 Å². The molecule has 1 aromatic rings. The van der Waals surface area contributed by atoms with Crippen LogP contribution in [0.3, 0.4) is 0 Å². The molecule has 2 atom stereocenters. The summed E-state index contributed by atoms with van der Waals surface area (Å²) in [6.45, 7) is 0.279. The second-order valence-corrected chi connectivity index (χ2v) is 5.45. The third kappa shape index (κ3) is 4.21. The molecule has 1 aromatic carbocycles. The average molecular weight is 307 g/mol. The number of hydrogen-bond donors (Lipinski definition) is 2. The summed E-state index contributed by atoms with van der Waals surface area (Å²) in [6, 6.07) is 5.27. The Morgan fingerprint density at radius 2 is 2.33 bits per heavy atom. The van der Waals surface area contributed by atoms with Crippen LogP contribution in [0.4, 0.5) is 0 Å². The van der Waals surface area contributed by atoms with Gasteiger partial charge in [0.15, 0.2) is 0 Å². The second-order valence-electron chi connectivity index (χ2n) is 5.04. The number of carbonyl (C=O) groups excluding carboxylic acids is 1. The molecule has 0 heterocycles. The molecule has 112 valence electrons. The van der Waals surface area contributed by atoms with Gasteiger partial charge in [-0.15, -0.1) is 0 Å². The number of carbonyl (C=O) groups is 1. The maximum atomic E-state index is 12.2. The number of benzene rings is 1. The van der Waals surface area contributed by atoms with Gasteiger partial charge < -0.3 is 15.8 Å². The van der Waals surface area contributed by atoms with Crippen LogP contribution in [0.5, 0.6) is 0 Å². The molecule has 2 unspecified atom stereocenters. The lowest BCUT2D eigenvalue weighted by Crippen LogP contribution is -2.33. The Kier molecular flexibility index (Phi) is 5.63. The molecule has 1 aliphatic carbocycles. The van der Waals surface area contributed by atoms with Crippen LogP contribution in [0.1, 0.15) is 35.2 Å². The van der Waals surface area contributed by atoms with Crippen molar-refractivity contribution in [1.29, 1.82) is 0 Å². The van der Waals surface area contributed by atoms with Gasteiger partial charge in [0.1, 0.15) is 0 Å². The Hall–Kier alpha value is -1.54. The molecule has 1 saturated carbocycles. The normalized spacial score (nSPS) is 20.7. The summed E-state index contributed by atoms with van der Waals surface area (Å²) >= 11 is 6.13. The summed E-state index contributed by atoms with van der Waals surface area (Å²) in [4.78, 5) is 12.2. The topological polar surface area (TPSA) is 64.3 Å². The van der Waals surface area contributed by atoms with Gasteiger partial charge in [-0.3, -0.25) is 4.79 Å². The van der Waals surface area contributed by atoms with Crippen molar-refractivity contribution in [2.75, 3.05) is 13.7 Å². The first kappa shape index (κ1) is 15.8. The highest BCUT2D eigenvalue weighted by Gasteiger charge is 2.25. The van der Waals surface area contributed by atoms with E-state index in [1.54, 1.807) is 25.3 Å². The minimum atomic E-state index is -0.114. The van der Waals surface area contributed by atoms with Gasteiger partial charge in [-0.2, -0.15) is 0 Å². The van der Waals surface area contributed by atoms with Gasteiger partial charge in [0, 0.05) is 24.3 Å². The highest BCUT2D eigenvalue weighted by Crippen LogP contribution is 2.22. The number of nitrogens with two attached hydrogens (primary N) is 1. The van der Waals surface area contributed by atoms with Gasteiger partial charge in [0.05, 0.1) is 17.7 Å². The van der Waals surface area contributed by atoms with Gasteiger partial charge in [0.25, 0.3) is 5.91 Å². The fourth-order valence-corrected chi connectivity index (χ4v) is 2.69. The zero-order valence-corrected chi connectivity index (χ0v) is 12.7. The fraction of sp³-hybridized carbons (Fsp3) is 0.438. The van der Waals surface area contributed by atoms with E-state index in [0.717, 1.165) is 19.3 Å². The minimum absolute atomic E-state index is 0.114. The molecular weight excluding hydrogens is 288 g/mol. The lowest BCUT2D eigenvalue weighted by atomic mass is 10.1. The maximum absolute atomic E-state index is 12.2. The first-order valence-corrected chi connectivity index (χ1v) is 7.34. The summed E-state index contributed by atoms with van der Waals surface area (Å²) in [5.41, 5.74) is 6.55. The number of rotatable bonds is 3. The minimum Gasteiger partial charge on any atom is -0.381 e. The van der Waals surface area contributed by atoms with E-state index in [4.69, 9.17) is 22.1 Å². The summed E-state index contributed by atoms with van der Waals surface area (Å²) in [6.07, 6.45) is 3.02. The van der Waals surface area contributed by atoms with Crippen molar-refractivity contribution in [1.82, 2.24) is 5.32 Å². The van der Waals surface area contributed by atoms with Crippen molar-refractivity contribution in [3.05, 3.63) is 34.3 Å². The monoisotopic (exact) mass is 306 g/mol. The molecule has 21 heavy (non-hydrogen) atoms. The van der Waals surface area contributed by atoms with Gasteiger partial charge in [-0.05, 0) is 37.5 Å². The molecule has 5 heteroatoms. The molecule has 0 saturated heterocycles. The number of methoxy groups -OCH3 is 1. The standard InChI is InChI=1S/C16H19ClN2O2/c1-21-14-7-6-13(10-14)19-16(20)12-5-4-11(3-2-8-18)15(17)9-12/h4-5,9,13-14H,6-8,10,18H2,1H3,(H,19,20). The highest BCUT2D eigenvalue weighted by molar-refractivity contribution is 6.32. The van der Waals surface area contributed by atoms with E-state index < -0.39 is 0 Å². The SMILES string of the molecule is COC1CCC(NC(=O)c2ccc(C#CCN)c(Cl)c2)C1. The smallest absolute Gasteiger partial charge is 0.251 e. The van der Waals surface area contributed by atoms with Crippen LogP contribution in [-0.4, -0.2) is 31.7 Å². The van der Waals surface area contributed by atoms with E-state index in [1.807, 2.05) is 0 Å². The third-order valence-electron chi connectivity index (χ3n) is 3.61. The number of hydrogen-bond acceptors (Lipinski definition) is 3. The third-order valence-corrected chi connectivity index (χ3v) is 3.92. The largest absolute Gasteiger partial charge is 0.381 e. The Labute approximate surface area is 130 Å². The average Bonchev–Trinajstić information content (AvgIpc) is 2.93.